The molecule has 0 unspecified atom stereocenters. The van der Waals surface area contributed by atoms with Crippen molar-refractivity contribution in [2.24, 2.45) is 0 Å². The molecule has 20 heavy (non-hydrogen) atoms. The lowest BCUT2D eigenvalue weighted by molar-refractivity contribution is -0.132. The lowest BCUT2D eigenvalue weighted by atomic mass is 10.2. The summed E-state index contributed by atoms with van der Waals surface area (Å²) >= 11 is 0. The Hall–Kier alpha value is -1.84. The van der Waals surface area contributed by atoms with Gasteiger partial charge in [0, 0.05) is 19.2 Å². The Morgan fingerprint density at radius 1 is 1.20 bits per heavy atom. The van der Waals surface area contributed by atoms with Gasteiger partial charge in [-0.3, -0.25) is 9.59 Å². The molecule has 4 nitrogen and oxygen atoms in total. The highest BCUT2D eigenvalue weighted by Gasteiger charge is 2.13. The van der Waals surface area contributed by atoms with Crippen molar-refractivity contribution in [1.29, 1.82) is 0 Å². The summed E-state index contributed by atoms with van der Waals surface area (Å²) < 4.78 is 0. The molecular weight excluding hydrogens is 252 g/mol. The van der Waals surface area contributed by atoms with Gasteiger partial charge < -0.3 is 10.2 Å². The number of benzene rings is 1. The van der Waals surface area contributed by atoms with Crippen LogP contribution in [-0.2, 0) is 9.59 Å². The van der Waals surface area contributed by atoms with Crippen LogP contribution >= 0.6 is 0 Å². The molecule has 0 fully saturated rings. The van der Waals surface area contributed by atoms with E-state index in [-0.39, 0.29) is 18.4 Å². The van der Waals surface area contributed by atoms with Gasteiger partial charge in [0.15, 0.2) is 0 Å². The van der Waals surface area contributed by atoms with Crippen molar-refractivity contribution in [3.63, 3.8) is 0 Å². The lowest BCUT2D eigenvalue weighted by Gasteiger charge is -2.20. The van der Waals surface area contributed by atoms with E-state index in [2.05, 4.69) is 12.2 Å². The molecule has 1 aromatic rings. The number of aryl methyl sites for hydroxylation is 1. The number of anilines is 1. The largest absolute Gasteiger partial charge is 0.334 e. The Balaban J connectivity index is 2.54. The van der Waals surface area contributed by atoms with Crippen LogP contribution in [0.4, 0.5) is 5.69 Å². The van der Waals surface area contributed by atoms with Crippen molar-refractivity contribution in [2.45, 2.75) is 40.0 Å². The van der Waals surface area contributed by atoms with E-state index < -0.39 is 0 Å². The molecule has 110 valence electrons. The molecular formula is C16H24N2O2. The highest BCUT2D eigenvalue weighted by atomic mass is 16.2. The second-order valence-corrected chi connectivity index (χ2v) is 5.01. The Morgan fingerprint density at radius 3 is 2.50 bits per heavy atom. The quantitative estimate of drug-likeness (QED) is 0.778. The molecule has 0 saturated carbocycles. The predicted molar refractivity (Wildman–Crippen MR) is 81.6 cm³/mol. The SMILES string of the molecule is CCCCCN(CC(=O)Nc1ccccc1C)C(C)=O. The number of carbonyl (C=O) groups excluding carboxylic acids is 2. The molecule has 1 N–H and O–H groups in total. The second-order valence-electron chi connectivity index (χ2n) is 5.01. The first-order valence-corrected chi connectivity index (χ1v) is 7.15. The van der Waals surface area contributed by atoms with E-state index in [1.54, 1.807) is 4.90 Å². The number of nitrogens with one attached hydrogen (secondary N) is 1. The molecule has 0 aliphatic carbocycles. The fourth-order valence-corrected chi connectivity index (χ4v) is 1.98. The fraction of sp³-hybridized carbons (Fsp3) is 0.500. The standard InChI is InChI=1S/C16H24N2O2/c1-4-5-8-11-18(14(3)19)12-16(20)17-15-10-7-6-9-13(15)2/h6-7,9-10H,4-5,8,11-12H2,1-3H3,(H,17,20). The zero-order valence-electron chi connectivity index (χ0n) is 12.6. The van der Waals surface area contributed by atoms with Crippen molar-refractivity contribution in [1.82, 2.24) is 4.90 Å². The third-order valence-corrected chi connectivity index (χ3v) is 3.23. The minimum atomic E-state index is -0.147. The van der Waals surface area contributed by atoms with Gasteiger partial charge in [-0.2, -0.15) is 0 Å². The zero-order chi connectivity index (χ0) is 15.0. The maximum absolute atomic E-state index is 12.0. The second kappa shape index (κ2) is 8.35. The van der Waals surface area contributed by atoms with Gasteiger partial charge in [0.2, 0.25) is 11.8 Å². The van der Waals surface area contributed by atoms with Crippen molar-refractivity contribution >= 4 is 17.5 Å². The summed E-state index contributed by atoms with van der Waals surface area (Å²) in [6, 6.07) is 7.62. The van der Waals surface area contributed by atoms with Crippen LogP contribution in [0.3, 0.4) is 0 Å². The summed E-state index contributed by atoms with van der Waals surface area (Å²) in [6.45, 7) is 6.33. The number of hydrogen-bond acceptors (Lipinski definition) is 2. The van der Waals surface area contributed by atoms with E-state index in [1.165, 1.54) is 6.92 Å². The van der Waals surface area contributed by atoms with Gasteiger partial charge >= 0.3 is 0 Å². The molecule has 0 atom stereocenters. The smallest absolute Gasteiger partial charge is 0.244 e. The van der Waals surface area contributed by atoms with Gasteiger partial charge in [-0.05, 0) is 25.0 Å². The summed E-state index contributed by atoms with van der Waals surface area (Å²) in [7, 11) is 0. The molecule has 0 aliphatic rings. The van der Waals surface area contributed by atoms with E-state index in [0.29, 0.717) is 6.54 Å². The summed E-state index contributed by atoms with van der Waals surface area (Å²) in [5.41, 5.74) is 1.82. The van der Waals surface area contributed by atoms with Crippen LogP contribution in [0.15, 0.2) is 24.3 Å². The number of carbonyl (C=O) groups is 2. The van der Waals surface area contributed by atoms with Gasteiger partial charge in [0.25, 0.3) is 0 Å². The molecule has 2 amide bonds. The summed E-state index contributed by atoms with van der Waals surface area (Å²) in [5, 5.41) is 2.85. The van der Waals surface area contributed by atoms with Gasteiger partial charge in [-0.1, -0.05) is 38.0 Å². The van der Waals surface area contributed by atoms with Crippen LogP contribution in [0.25, 0.3) is 0 Å². The van der Waals surface area contributed by atoms with Crippen LogP contribution in [0.5, 0.6) is 0 Å². The summed E-state index contributed by atoms with van der Waals surface area (Å²) in [5.74, 6) is -0.202. The Morgan fingerprint density at radius 2 is 1.90 bits per heavy atom. The summed E-state index contributed by atoms with van der Waals surface area (Å²) in [6.07, 6.45) is 3.11. The maximum atomic E-state index is 12.0. The number of unbranched alkanes of at least 4 members (excludes halogenated alkanes) is 2. The highest BCUT2D eigenvalue weighted by Crippen LogP contribution is 2.13. The van der Waals surface area contributed by atoms with Gasteiger partial charge in [-0.25, -0.2) is 0 Å². The molecule has 0 aromatic heterocycles. The minimum Gasteiger partial charge on any atom is -0.334 e. The van der Waals surface area contributed by atoms with E-state index in [9.17, 15) is 9.59 Å². The normalized spacial score (nSPS) is 10.2. The van der Waals surface area contributed by atoms with Gasteiger partial charge in [-0.15, -0.1) is 0 Å². The molecule has 0 radical (unpaired) electrons. The Kier molecular flexibility index (Phi) is 6.77. The number of amides is 2. The Bertz CT molecular complexity index is 458. The number of nitrogens with zero attached hydrogens (tertiary/aromatic N) is 1. The van der Waals surface area contributed by atoms with E-state index >= 15 is 0 Å². The van der Waals surface area contributed by atoms with Crippen LogP contribution in [0, 0.1) is 6.92 Å². The highest BCUT2D eigenvalue weighted by molar-refractivity contribution is 5.94. The number of para-hydroxylation sites is 1. The maximum Gasteiger partial charge on any atom is 0.244 e. The Labute approximate surface area is 121 Å². The third-order valence-electron chi connectivity index (χ3n) is 3.23. The molecule has 0 aliphatic heterocycles. The zero-order valence-corrected chi connectivity index (χ0v) is 12.6. The third kappa shape index (κ3) is 5.43. The van der Waals surface area contributed by atoms with Gasteiger partial charge in [0.1, 0.15) is 0 Å². The van der Waals surface area contributed by atoms with Crippen molar-refractivity contribution in [3.8, 4) is 0 Å². The minimum absolute atomic E-state index is 0.0546. The lowest BCUT2D eigenvalue weighted by Crippen LogP contribution is -2.37. The van der Waals surface area contributed by atoms with Gasteiger partial charge in [0.05, 0.1) is 6.54 Å². The first-order chi connectivity index (χ1) is 9.54. The average molecular weight is 276 g/mol. The van der Waals surface area contributed by atoms with Crippen molar-refractivity contribution in [2.75, 3.05) is 18.4 Å². The first kappa shape index (κ1) is 16.2. The molecule has 0 spiro atoms. The predicted octanol–water partition coefficient (Wildman–Crippen LogP) is 2.97. The average Bonchev–Trinajstić information content (AvgIpc) is 2.40. The number of rotatable bonds is 7. The molecule has 1 rings (SSSR count). The summed E-state index contributed by atoms with van der Waals surface area (Å²) in [4.78, 5) is 25.1. The van der Waals surface area contributed by atoms with Crippen LogP contribution in [0.1, 0.15) is 38.7 Å². The van der Waals surface area contributed by atoms with Crippen molar-refractivity contribution in [3.05, 3.63) is 29.8 Å². The molecule has 4 heteroatoms. The number of hydrogen-bond donors (Lipinski definition) is 1. The topological polar surface area (TPSA) is 49.4 Å². The monoisotopic (exact) mass is 276 g/mol. The molecule has 0 saturated heterocycles. The van der Waals surface area contributed by atoms with E-state index in [0.717, 1.165) is 30.5 Å². The molecule has 1 aromatic carbocycles. The van der Waals surface area contributed by atoms with Crippen LogP contribution < -0.4 is 5.32 Å². The van der Waals surface area contributed by atoms with E-state index in [1.807, 2.05) is 31.2 Å². The molecule has 0 heterocycles. The van der Waals surface area contributed by atoms with Crippen LogP contribution in [0.2, 0.25) is 0 Å². The van der Waals surface area contributed by atoms with E-state index in [4.69, 9.17) is 0 Å². The fourth-order valence-electron chi connectivity index (χ4n) is 1.98. The van der Waals surface area contributed by atoms with Crippen molar-refractivity contribution < 1.29 is 9.59 Å². The van der Waals surface area contributed by atoms with Crippen LogP contribution in [-0.4, -0.2) is 29.8 Å². The molecule has 0 bridgehead atoms. The first-order valence-electron chi connectivity index (χ1n) is 7.15.